The van der Waals surface area contributed by atoms with E-state index in [4.69, 9.17) is 9.84 Å². The molecule has 0 radical (unpaired) electrons. The highest BCUT2D eigenvalue weighted by Gasteiger charge is 2.50. The van der Waals surface area contributed by atoms with E-state index in [1.54, 1.807) is 20.8 Å². The second-order valence-corrected chi connectivity index (χ2v) is 5.46. The van der Waals surface area contributed by atoms with Crippen molar-refractivity contribution in [1.29, 1.82) is 0 Å². The highest BCUT2D eigenvalue weighted by molar-refractivity contribution is 5.74. The molecule has 1 aliphatic rings. The molecule has 1 saturated carbocycles. The fourth-order valence-corrected chi connectivity index (χ4v) is 1.88. The largest absolute Gasteiger partial charge is 0.481 e. The van der Waals surface area contributed by atoms with Crippen LogP contribution in [0, 0.1) is 5.92 Å². The summed E-state index contributed by atoms with van der Waals surface area (Å²) in [5.74, 6) is -5.69. The molecule has 0 spiro atoms. The van der Waals surface area contributed by atoms with Gasteiger partial charge in [-0.15, -0.1) is 0 Å². The normalized spacial score (nSPS) is 26.7. The Kier molecular flexibility index (Phi) is 3.83. The fourth-order valence-electron chi connectivity index (χ4n) is 1.88. The lowest BCUT2D eigenvalue weighted by molar-refractivity contribution is -0.143. The van der Waals surface area contributed by atoms with Crippen LogP contribution in [0.1, 0.15) is 33.6 Å². The van der Waals surface area contributed by atoms with E-state index in [1.807, 2.05) is 0 Å². The molecule has 5 nitrogen and oxygen atoms in total. The SMILES string of the molecule is CC(C)(C)OC(=O)NC1CC(F)(F)CC1C(=O)O. The quantitative estimate of drug-likeness (QED) is 0.800. The van der Waals surface area contributed by atoms with Gasteiger partial charge < -0.3 is 15.2 Å². The molecule has 2 atom stereocenters. The number of rotatable bonds is 2. The molecule has 1 aliphatic carbocycles. The molecule has 0 saturated heterocycles. The lowest BCUT2D eigenvalue weighted by Crippen LogP contribution is -2.43. The van der Waals surface area contributed by atoms with Gasteiger partial charge in [0.05, 0.1) is 12.0 Å². The predicted molar refractivity (Wildman–Crippen MR) is 58.5 cm³/mol. The van der Waals surface area contributed by atoms with E-state index >= 15 is 0 Å². The third-order valence-electron chi connectivity index (χ3n) is 2.54. The van der Waals surface area contributed by atoms with Gasteiger partial charge in [-0.3, -0.25) is 4.79 Å². The van der Waals surface area contributed by atoms with Crippen molar-refractivity contribution in [3.05, 3.63) is 0 Å². The summed E-state index contributed by atoms with van der Waals surface area (Å²) in [6.45, 7) is 4.89. The minimum absolute atomic E-state index is 0.677. The molecule has 1 amide bonds. The maximum atomic E-state index is 13.1. The van der Waals surface area contributed by atoms with Crippen LogP contribution >= 0.6 is 0 Å². The highest BCUT2D eigenvalue weighted by atomic mass is 19.3. The Morgan fingerprint density at radius 3 is 2.33 bits per heavy atom. The second kappa shape index (κ2) is 4.70. The van der Waals surface area contributed by atoms with Crippen LogP contribution in [0.5, 0.6) is 0 Å². The van der Waals surface area contributed by atoms with Gasteiger partial charge in [0.2, 0.25) is 0 Å². The van der Waals surface area contributed by atoms with E-state index in [9.17, 15) is 18.4 Å². The molecule has 0 bridgehead atoms. The third-order valence-corrected chi connectivity index (χ3v) is 2.54. The number of carboxylic acid groups (broad SMARTS) is 1. The Morgan fingerprint density at radius 2 is 1.89 bits per heavy atom. The standard InChI is InChI=1S/C11H17F2NO4/c1-10(2,3)18-9(17)14-7-5-11(12,13)4-6(7)8(15)16/h6-7H,4-5H2,1-3H3,(H,14,17)(H,15,16). The van der Waals surface area contributed by atoms with Crippen molar-refractivity contribution in [2.24, 2.45) is 5.92 Å². The number of halogens is 2. The van der Waals surface area contributed by atoms with E-state index in [2.05, 4.69) is 5.32 Å². The number of ether oxygens (including phenoxy) is 1. The Bertz CT molecular complexity index is 351. The molecule has 7 heteroatoms. The van der Waals surface area contributed by atoms with Crippen LogP contribution in [-0.2, 0) is 9.53 Å². The minimum Gasteiger partial charge on any atom is -0.481 e. The van der Waals surface area contributed by atoms with Gasteiger partial charge in [-0.2, -0.15) is 0 Å². The van der Waals surface area contributed by atoms with Crippen LogP contribution < -0.4 is 5.32 Å². The molecular weight excluding hydrogens is 248 g/mol. The number of carbonyl (C=O) groups excluding carboxylic acids is 1. The first-order chi connectivity index (χ1) is 8.00. The van der Waals surface area contributed by atoms with Crippen LogP contribution in [0.2, 0.25) is 0 Å². The minimum atomic E-state index is -3.07. The van der Waals surface area contributed by atoms with Crippen molar-refractivity contribution in [3.8, 4) is 0 Å². The molecule has 18 heavy (non-hydrogen) atoms. The van der Waals surface area contributed by atoms with Gasteiger partial charge >= 0.3 is 12.1 Å². The van der Waals surface area contributed by atoms with Crippen molar-refractivity contribution < 1.29 is 28.2 Å². The van der Waals surface area contributed by atoms with E-state index in [1.165, 1.54) is 0 Å². The van der Waals surface area contributed by atoms with E-state index in [0.29, 0.717) is 0 Å². The first-order valence-electron chi connectivity index (χ1n) is 5.60. The number of alkyl halides is 2. The van der Waals surface area contributed by atoms with Crippen LogP contribution in [0.25, 0.3) is 0 Å². The van der Waals surface area contributed by atoms with Crippen LogP contribution in [0.15, 0.2) is 0 Å². The highest BCUT2D eigenvalue weighted by Crippen LogP contribution is 2.39. The van der Waals surface area contributed by atoms with E-state index in [0.717, 1.165) is 0 Å². The second-order valence-electron chi connectivity index (χ2n) is 5.46. The topological polar surface area (TPSA) is 75.6 Å². The summed E-state index contributed by atoms with van der Waals surface area (Å²) in [7, 11) is 0. The van der Waals surface area contributed by atoms with Gasteiger partial charge in [-0.1, -0.05) is 0 Å². The number of aliphatic carboxylic acids is 1. The molecular formula is C11H17F2NO4. The zero-order chi connectivity index (χ0) is 14.1. The summed E-state index contributed by atoms with van der Waals surface area (Å²) in [6, 6.07) is -1.10. The number of amides is 1. The summed E-state index contributed by atoms with van der Waals surface area (Å²) >= 11 is 0. The summed E-state index contributed by atoms with van der Waals surface area (Å²) in [4.78, 5) is 22.3. The van der Waals surface area contributed by atoms with Crippen LogP contribution in [0.4, 0.5) is 13.6 Å². The van der Waals surface area contributed by atoms with Crippen LogP contribution in [0.3, 0.4) is 0 Å². The van der Waals surface area contributed by atoms with Crippen molar-refractivity contribution in [1.82, 2.24) is 5.32 Å². The van der Waals surface area contributed by atoms with Gasteiger partial charge in [0.15, 0.2) is 0 Å². The van der Waals surface area contributed by atoms with Crippen molar-refractivity contribution in [3.63, 3.8) is 0 Å². The molecule has 0 heterocycles. The molecule has 2 N–H and O–H groups in total. The lowest BCUT2D eigenvalue weighted by atomic mass is 10.0. The average molecular weight is 265 g/mol. The Hall–Kier alpha value is -1.40. The predicted octanol–water partition coefficient (Wildman–Crippen LogP) is 2.01. The van der Waals surface area contributed by atoms with Gasteiger partial charge in [0.25, 0.3) is 5.92 Å². The fraction of sp³-hybridized carbons (Fsp3) is 0.818. The third kappa shape index (κ3) is 4.12. The number of hydrogen-bond donors (Lipinski definition) is 2. The molecule has 104 valence electrons. The summed E-state index contributed by atoms with van der Waals surface area (Å²) < 4.78 is 31.2. The van der Waals surface area contributed by atoms with Gasteiger partial charge in [0.1, 0.15) is 5.60 Å². The number of hydrogen-bond acceptors (Lipinski definition) is 3. The Morgan fingerprint density at radius 1 is 1.33 bits per heavy atom. The smallest absolute Gasteiger partial charge is 0.407 e. The lowest BCUT2D eigenvalue weighted by Gasteiger charge is -2.23. The van der Waals surface area contributed by atoms with Crippen molar-refractivity contribution in [2.45, 2.75) is 51.2 Å². The monoisotopic (exact) mass is 265 g/mol. The molecule has 1 fully saturated rings. The Labute approximate surface area is 103 Å². The maximum Gasteiger partial charge on any atom is 0.407 e. The van der Waals surface area contributed by atoms with Crippen molar-refractivity contribution in [2.75, 3.05) is 0 Å². The maximum absolute atomic E-state index is 13.1. The van der Waals surface area contributed by atoms with Crippen LogP contribution in [-0.4, -0.2) is 34.7 Å². The van der Waals surface area contributed by atoms with Crippen molar-refractivity contribution >= 4 is 12.1 Å². The number of carbonyl (C=O) groups is 2. The molecule has 0 aromatic heterocycles. The summed E-state index contributed by atoms with van der Waals surface area (Å²) in [5, 5.41) is 11.0. The average Bonchev–Trinajstić information content (AvgIpc) is 2.37. The Balaban J connectivity index is 2.65. The summed E-state index contributed by atoms with van der Waals surface area (Å²) in [5.41, 5.74) is -0.760. The number of carboxylic acids is 1. The van der Waals surface area contributed by atoms with Gasteiger partial charge in [-0.05, 0) is 20.8 Å². The molecule has 0 aromatic carbocycles. The van der Waals surface area contributed by atoms with E-state index in [-0.39, 0.29) is 0 Å². The number of nitrogens with one attached hydrogen (secondary N) is 1. The first-order valence-corrected chi connectivity index (χ1v) is 5.60. The summed E-state index contributed by atoms with van der Waals surface area (Å²) in [6.07, 6.45) is -2.32. The van der Waals surface area contributed by atoms with E-state index < -0.39 is 48.4 Å². The van der Waals surface area contributed by atoms with Gasteiger partial charge in [0, 0.05) is 12.8 Å². The molecule has 1 rings (SSSR count). The zero-order valence-corrected chi connectivity index (χ0v) is 10.5. The molecule has 2 unspecified atom stereocenters. The molecule has 0 aromatic rings. The molecule has 0 aliphatic heterocycles. The van der Waals surface area contributed by atoms with Gasteiger partial charge in [-0.25, -0.2) is 13.6 Å². The first kappa shape index (κ1) is 14.7. The number of alkyl carbamates (subject to hydrolysis) is 1. The zero-order valence-electron chi connectivity index (χ0n) is 10.5.